The number of benzene rings is 3. The average molecular weight is 464 g/mol. The molecular formula is C24H15F3N4OS. The van der Waals surface area contributed by atoms with Crippen molar-refractivity contribution in [3.05, 3.63) is 93.5 Å². The Bertz CT molecular complexity index is 1600. The molecule has 2 heterocycles. The van der Waals surface area contributed by atoms with Crippen LogP contribution in [0.5, 0.6) is 0 Å². The summed E-state index contributed by atoms with van der Waals surface area (Å²) in [6.45, 7) is 1.94. The summed E-state index contributed by atoms with van der Waals surface area (Å²) in [5.74, 6) is 0.204. The van der Waals surface area contributed by atoms with Crippen LogP contribution < -0.4 is 5.56 Å². The number of hydrogen-bond acceptors (Lipinski definition) is 5. The molecule has 0 fully saturated rings. The van der Waals surface area contributed by atoms with Gasteiger partial charge < -0.3 is 0 Å². The molecule has 5 rings (SSSR count). The van der Waals surface area contributed by atoms with Crippen molar-refractivity contribution < 1.29 is 13.2 Å². The fourth-order valence-electron chi connectivity index (χ4n) is 3.64. The molecule has 0 aliphatic heterocycles. The molecule has 0 bridgehead atoms. The molecule has 5 nitrogen and oxygen atoms in total. The van der Waals surface area contributed by atoms with E-state index < -0.39 is 17.3 Å². The lowest BCUT2D eigenvalue weighted by atomic mass is 10.1. The molecule has 0 unspecified atom stereocenters. The minimum absolute atomic E-state index is 0.0807. The molecule has 9 heteroatoms. The van der Waals surface area contributed by atoms with Crippen LogP contribution in [0.25, 0.3) is 39.8 Å². The first-order valence-corrected chi connectivity index (χ1v) is 10.7. The average Bonchev–Trinajstić information content (AvgIpc) is 3.29. The Kier molecular flexibility index (Phi) is 5.05. The fourth-order valence-corrected chi connectivity index (χ4v) is 4.27. The molecule has 0 amide bonds. The van der Waals surface area contributed by atoms with Crippen molar-refractivity contribution in [1.29, 1.82) is 0 Å². The van der Waals surface area contributed by atoms with Crippen LogP contribution in [0.4, 0.5) is 13.2 Å². The van der Waals surface area contributed by atoms with Crippen molar-refractivity contribution >= 4 is 45.8 Å². The number of aryl methyl sites for hydroxylation is 1. The molecule has 0 aliphatic rings. The lowest BCUT2D eigenvalue weighted by molar-refractivity contribution is -0.137. The second-order valence-electron chi connectivity index (χ2n) is 7.44. The van der Waals surface area contributed by atoms with E-state index in [1.165, 1.54) is 16.7 Å². The molecule has 5 aromatic rings. The smallest absolute Gasteiger partial charge is 0.268 e. The van der Waals surface area contributed by atoms with Gasteiger partial charge in [-0.25, -0.2) is 4.98 Å². The van der Waals surface area contributed by atoms with Crippen LogP contribution in [0.15, 0.2) is 65.5 Å². The topological polar surface area (TPSA) is 60.7 Å². The van der Waals surface area contributed by atoms with Gasteiger partial charge in [0.05, 0.1) is 33.9 Å². The standard InChI is InChI=1S/C24H15F3N4OS/c1-14-9-10-15(22-21(14)29-33-30-22)11-12-20-28-19-8-3-2-7-18(19)23(32)31(20)17-6-4-5-16(13-17)24(25,26)27/h2-13H,1H3. The highest BCUT2D eigenvalue weighted by molar-refractivity contribution is 7.00. The number of hydrogen-bond donors (Lipinski definition) is 0. The number of para-hydroxylation sites is 1. The van der Waals surface area contributed by atoms with Gasteiger partial charge >= 0.3 is 6.18 Å². The largest absolute Gasteiger partial charge is 0.416 e. The van der Waals surface area contributed by atoms with Gasteiger partial charge in [-0.15, -0.1) is 0 Å². The van der Waals surface area contributed by atoms with Crippen LogP contribution in [0.3, 0.4) is 0 Å². The van der Waals surface area contributed by atoms with Gasteiger partial charge in [0.15, 0.2) is 0 Å². The van der Waals surface area contributed by atoms with Gasteiger partial charge in [0.1, 0.15) is 16.9 Å². The molecule has 3 aromatic carbocycles. The summed E-state index contributed by atoms with van der Waals surface area (Å²) in [4.78, 5) is 17.9. The van der Waals surface area contributed by atoms with Gasteiger partial charge in [-0.1, -0.05) is 30.3 Å². The van der Waals surface area contributed by atoms with E-state index in [1.54, 1.807) is 36.4 Å². The molecule has 0 saturated heterocycles. The van der Waals surface area contributed by atoms with Gasteiger partial charge in [-0.2, -0.15) is 21.9 Å². The summed E-state index contributed by atoms with van der Waals surface area (Å²) in [5, 5.41) is 0.313. The van der Waals surface area contributed by atoms with E-state index in [0.29, 0.717) is 16.4 Å². The van der Waals surface area contributed by atoms with Crippen LogP contribution in [-0.4, -0.2) is 18.3 Å². The van der Waals surface area contributed by atoms with Crippen molar-refractivity contribution in [3.63, 3.8) is 0 Å². The van der Waals surface area contributed by atoms with Crippen molar-refractivity contribution in [3.8, 4) is 5.69 Å². The lowest BCUT2D eigenvalue weighted by Gasteiger charge is -2.14. The molecule has 164 valence electrons. The van der Waals surface area contributed by atoms with Crippen LogP contribution >= 0.6 is 11.7 Å². The monoisotopic (exact) mass is 464 g/mol. The minimum Gasteiger partial charge on any atom is -0.268 e. The molecule has 0 N–H and O–H groups in total. The van der Waals surface area contributed by atoms with Crippen molar-refractivity contribution in [1.82, 2.24) is 18.3 Å². The van der Waals surface area contributed by atoms with Crippen LogP contribution in [0.1, 0.15) is 22.5 Å². The zero-order valence-corrected chi connectivity index (χ0v) is 18.0. The first-order chi connectivity index (χ1) is 15.8. The van der Waals surface area contributed by atoms with E-state index in [-0.39, 0.29) is 11.5 Å². The summed E-state index contributed by atoms with van der Waals surface area (Å²) in [6.07, 6.45) is -1.19. The molecule has 0 aliphatic carbocycles. The van der Waals surface area contributed by atoms with Crippen molar-refractivity contribution in [2.24, 2.45) is 0 Å². The highest BCUT2D eigenvalue weighted by Crippen LogP contribution is 2.30. The van der Waals surface area contributed by atoms with Gasteiger partial charge in [0.2, 0.25) is 0 Å². The predicted octanol–water partition coefficient (Wildman–Crippen LogP) is 5.89. The molecule has 33 heavy (non-hydrogen) atoms. The van der Waals surface area contributed by atoms with E-state index in [1.807, 2.05) is 19.1 Å². The summed E-state index contributed by atoms with van der Waals surface area (Å²) < 4.78 is 49.8. The fraction of sp³-hybridized carbons (Fsp3) is 0.0833. The highest BCUT2D eigenvalue weighted by atomic mass is 32.1. The summed E-state index contributed by atoms with van der Waals surface area (Å²) >= 11 is 1.10. The maximum Gasteiger partial charge on any atom is 0.416 e. The number of halogens is 3. The Hall–Kier alpha value is -3.85. The minimum atomic E-state index is -4.54. The third-order valence-electron chi connectivity index (χ3n) is 5.29. The second-order valence-corrected chi connectivity index (χ2v) is 7.97. The molecular weight excluding hydrogens is 449 g/mol. The van der Waals surface area contributed by atoms with E-state index in [4.69, 9.17) is 0 Å². The van der Waals surface area contributed by atoms with E-state index in [2.05, 4.69) is 13.7 Å². The Morgan fingerprint density at radius 3 is 2.55 bits per heavy atom. The second kappa shape index (κ2) is 7.93. The number of fused-ring (bicyclic) bond motifs is 2. The van der Waals surface area contributed by atoms with E-state index >= 15 is 0 Å². The molecule has 0 saturated carbocycles. The molecule has 0 spiro atoms. The zero-order chi connectivity index (χ0) is 23.2. The van der Waals surface area contributed by atoms with Gasteiger partial charge in [0.25, 0.3) is 5.56 Å². The highest BCUT2D eigenvalue weighted by Gasteiger charge is 2.30. The zero-order valence-electron chi connectivity index (χ0n) is 17.2. The molecule has 2 aromatic heterocycles. The lowest BCUT2D eigenvalue weighted by Crippen LogP contribution is -2.22. The Labute approximate surface area is 189 Å². The van der Waals surface area contributed by atoms with Gasteiger partial charge in [-0.05, 0) is 55.0 Å². The van der Waals surface area contributed by atoms with E-state index in [0.717, 1.165) is 40.5 Å². The maximum absolute atomic E-state index is 13.3. The van der Waals surface area contributed by atoms with Crippen LogP contribution in [0, 0.1) is 6.92 Å². The van der Waals surface area contributed by atoms with Crippen LogP contribution in [0.2, 0.25) is 0 Å². The third kappa shape index (κ3) is 3.80. The Morgan fingerprint density at radius 1 is 0.939 bits per heavy atom. The SMILES string of the molecule is Cc1ccc(C=Cc2nc3ccccc3c(=O)n2-c2cccc(C(F)(F)F)c2)c2nsnc12. The molecule has 0 atom stereocenters. The maximum atomic E-state index is 13.3. The number of aromatic nitrogens is 4. The first kappa shape index (κ1) is 21.0. The van der Waals surface area contributed by atoms with Crippen molar-refractivity contribution in [2.75, 3.05) is 0 Å². The normalized spacial score (nSPS) is 12.2. The quantitative estimate of drug-likeness (QED) is 0.334. The Balaban J connectivity index is 1.73. The third-order valence-corrected chi connectivity index (χ3v) is 5.82. The predicted molar refractivity (Wildman–Crippen MR) is 123 cm³/mol. The number of nitrogens with zero attached hydrogens (tertiary/aromatic N) is 4. The Morgan fingerprint density at radius 2 is 1.73 bits per heavy atom. The van der Waals surface area contributed by atoms with Gasteiger partial charge in [0, 0.05) is 5.56 Å². The summed E-state index contributed by atoms with van der Waals surface area (Å²) in [6, 6.07) is 15.2. The summed E-state index contributed by atoms with van der Waals surface area (Å²) in [5.41, 5.74) is 2.48. The summed E-state index contributed by atoms with van der Waals surface area (Å²) in [7, 11) is 0. The first-order valence-electron chi connectivity index (χ1n) is 9.92. The van der Waals surface area contributed by atoms with E-state index in [9.17, 15) is 18.0 Å². The number of alkyl halides is 3. The van der Waals surface area contributed by atoms with Gasteiger partial charge in [-0.3, -0.25) is 9.36 Å². The van der Waals surface area contributed by atoms with Crippen molar-refractivity contribution in [2.45, 2.75) is 13.1 Å². The molecule has 0 radical (unpaired) electrons. The van der Waals surface area contributed by atoms with Crippen LogP contribution in [-0.2, 0) is 6.18 Å². The number of rotatable bonds is 3.